The Morgan fingerprint density at radius 1 is 1.07 bits per heavy atom. The Hall–Kier alpha value is -3.57. The van der Waals surface area contributed by atoms with E-state index in [1.54, 1.807) is 29.6 Å². The van der Waals surface area contributed by atoms with Gasteiger partial charge in [0.15, 0.2) is 0 Å². The highest BCUT2D eigenvalue weighted by Gasteiger charge is 2.19. The zero-order valence-electron chi connectivity index (χ0n) is 14.7. The van der Waals surface area contributed by atoms with Crippen LogP contribution in [0.25, 0.3) is 0 Å². The standard InChI is InChI=1S/C18H14N4O5S2/c23-18(20-19-12-13-6-1-4-9-16(13)22(24)25)14-7-2-3-8-15(14)21-29(26,27)17-10-5-11-28-17/h1-12,21H,(H,20,23)/b19-12+. The zero-order chi connectivity index (χ0) is 20.9. The Morgan fingerprint density at radius 3 is 2.52 bits per heavy atom. The summed E-state index contributed by atoms with van der Waals surface area (Å²) in [6.07, 6.45) is 1.15. The second-order valence-electron chi connectivity index (χ2n) is 5.60. The molecule has 0 aliphatic heterocycles. The number of thiophene rings is 1. The molecule has 9 nitrogen and oxygen atoms in total. The maximum Gasteiger partial charge on any atom is 0.278 e. The molecule has 1 heterocycles. The highest BCUT2D eigenvalue weighted by atomic mass is 32.2. The third-order valence-electron chi connectivity index (χ3n) is 3.68. The van der Waals surface area contributed by atoms with Crippen molar-refractivity contribution >= 4 is 44.9 Å². The van der Waals surface area contributed by atoms with Crippen molar-refractivity contribution in [1.82, 2.24) is 5.43 Å². The Bertz CT molecular complexity index is 1170. The van der Waals surface area contributed by atoms with E-state index in [9.17, 15) is 23.3 Å². The number of nitro groups is 1. The van der Waals surface area contributed by atoms with Gasteiger partial charge in [0.05, 0.1) is 28.0 Å². The predicted molar refractivity (Wildman–Crippen MR) is 110 cm³/mol. The summed E-state index contributed by atoms with van der Waals surface area (Å²) >= 11 is 1.05. The van der Waals surface area contributed by atoms with Gasteiger partial charge in [-0.05, 0) is 29.6 Å². The number of nitrogens with zero attached hydrogens (tertiary/aromatic N) is 2. The molecular formula is C18H14N4O5S2. The predicted octanol–water partition coefficient (Wildman–Crippen LogP) is 3.22. The second kappa shape index (κ2) is 8.63. The van der Waals surface area contributed by atoms with E-state index in [1.165, 1.54) is 36.4 Å². The van der Waals surface area contributed by atoms with Gasteiger partial charge in [0.25, 0.3) is 21.6 Å². The van der Waals surface area contributed by atoms with Crippen LogP contribution in [0.5, 0.6) is 0 Å². The minimum absolute atomic E-state index is 0.0485. The largest absolute Gasteiger partial charge is 0.278 e. The fraction of sp³-hybridized carbons (Fsp3) is 0. The lowest BCUT2D eigenvalue weighted by molar-refractivity contribution is -0.385. The van der Waals surface area contributed by atoms with Crippen molar-refractivity contribution in [3.63, 3.8) is 0 Å². The molecule has 3 aromatic rings. The van der Waals surface area contributed by atoms with Crippen molar-refractivity contribution in [1.29, 1.82) is 0 Å². The molecule has 0 radical (unpaired) electrons. The summed E-state index contributed by atoms with van der Waals surface area (Å²) in [6.45, 7) is 0. The van der Waals surface area contributed by atoms with Crippen molar-refractivity contribution in [2.75, 3.05) is 4.72 Å². The van der Waals surface area contributed by atoms with Gasteiger partial charge in [0, 0.05) is 6.07 Å². The van der Waals surface area contributed by atoms with Crippen LogP contribution in [0.4, 0.5) is 11.4 Å². The van der Waals surface area contributed by atoms with E-state index < -0.39 is 20.9 Å². The van der Waals surface area contributed by atoms with Crippen LogP contribution in [0, 0.1) is 10.1 Å². The fourth-order valence-electron chi connectivity index (χ4n) is 2.37. The number of carbonyl (C=O) groups is 1. The summed E-state index contributed by atoms with van der Waals surface area (Å²) in [7, 11) is -3.83. The quantitative estimate of drug-likeness (QED) is 0.338. The first-order chi connectivity index (χ1) is 13.9. The lowest BCUT2D eigenvalue weighted by atomic mass is 10.2. The molecule has 0 spiro atoms. The number of amides is 1. The van der Waals surface area contributed by atoms with Gasteiger partial charge in [-0.15, -0.1) is 11.3 Å². The first-order valence-corrected chi connectivity index (χ1v) is 10.5. The van der Waals surface area contributed by atoms with Gasteiger partial charge in [-0.25, -0.2) is 13.8 Å². The summed E-state index contributed by atoms with van der Waals surface area (Å²) in [4.78, 5) is 22.9. The molecule has 0 saturated carbocycles. The smallest absolute Gasteiger partial charge is 0.278 e. The minimum Gasteiger partial charge on any atom is -0.278 e. The number of carbonyl (C=O) groups excluding carboxylic acids is 1. The van der Waals surface area contributed by atoms with E-state index in [4.69, 9.17) is 0 Å². The number of hydrazone groups is 1. The van der Waals surface area contributed by atoms with Crippen molar-refractivity contribution in [3.05, 3.63) is 87.3 Å². The van der Waals surface area contributed by atoms with Gasteiger partial charge < -0.3 is 0 Å². The molecular weight excluding hydrogens is 416 g/mol. The van der Waals surface area contributed by atoms with Crippen LogP contribution in [-0.2, 0) is 10.0 Å². The first-order valence-electron chi connectivity index (χ1n) is 8.10. The summed E-state index contributed by atoms with van der Waals surface area (Å²) in [6, 6.07) is 15.0. The van der Waals surface area contributed by atoms with Gasteiger partial charge in [0.1, 0.15) is 4.21 Å². The van der Waals surface area contributed by atoms with Gasteiger partial charge in [0.2, 0.25) is 0 Å². The Morgan fingerprint density at radius 2 is 1.79 bits per heavy atom. The number of hydrogen-bond donors (Lipinski definition) is 2. The summed E-state index contributed by atoms with van der Waals surface area (Å²) < 4.78 is 27.3. The molecule has 148 valence electrons. The molecule has 1 aromatic heterocycles. The van der Waals surface area contributed by atoms with Crippen LogP contribution in [-0.4, -0.2) is 25.5 Å². The molecule has 0 aliphatic carbocycles. The maximum atomic E-state index is 12.5. The normalized spacial score (nSPS) is 11.3. The SMILES string of the molecule is O=C(N/N=C/c1ccccc1[N+](=O)[O-])c1ccccc1NS(=O)(=O)c1cccs1. The highest BCUT2D eigenvalue weighted by Crippen LogP contribution is 2.23. The number of benzene rings is 2. The summed E-state index contributed by atoms with van der Waals surface area (Å²) in [5.74, 6) is -0.677. The lowest BCUT2D eigenvalue weighted by Gasteiger charge is -2.10. The Balaban J connectivity index is 1.78. The van der Waals surface area contributed by atoms with E-state index in [-0.39, 0.29) is 26.7 Å². The van der Waals surface area contributed by atoms with E-state index in [1.807, 2.05) is 0 Å². The van der Waals surface area contributed by atoms with Crippen molar-refractivity contribution < 1.29 is 18.1 Å². The number of sulfonamides is 1. The van der Waals surface area contributed by atoms with Gasteiger partial charge in [-0.2, -0.15) is 5.10 Å². The van der Waals surface area contributed by atoms with Crippen molar-refractivity contribution in [2.45, 2.75) is 4.21 Å². The van der Waals surface area contributed by atoms with E-state index in [0.29, 0.717) is 0 Å². The van der Waals surface area contributed by atoms with Gasteiger partial charge in [-0.3, -0.25) is 19.6 Å². The highest BCUT2D eigenvalue weighted by molar-refractivity contribution is 7.94. The van der Waals surface area contributed by atoms with E-state index >= 15 is 0 Å². The molecule has 2 aromatic carbocycles. The number of para-hydroxylation sites is 2. The maximum absolute atomic E-state index is 12.5. The first kappa shape index (κ1) is 20.2. The average Bonchev–Trinajstić information content (AvgIpc) is 3.24. The molecule has 0 bridgehead atoms. The number of hydrogen-bond acceptors (Lipinski definition) is 7. The second-order valence-corrected chi connectivity index (χ2v) is 8.46. The Labute approximate surface area is 169 Å². The van der Waals surface area contributed by atoms with E-state index in [0.717, 1.165) is 17.6 Å². The zero-order valence-corrected chi connectivity index (χ0v) is 16.3. The summed E-state index contributed by atoms with van der Waals surface area (Å²) in [5, 5.41) is 16.4. The van der Waals surface area contributed by atoms with Crippen LogP contribution in [0.2, 0.25) is 0 Å². The average molecular weight is 430 g/mol. The van der Waals surface area contributed by atoms with Crippen molar-refractivity contribution in [3.8, 4) is 0 Å². The third kappa shape index (κ3) is 4.83. The molecule has 0 atom stereocenters. The van der Waals surface area contributed by atoms with Crippen LogP contribution in [0.3, 0.4) is 0 Å². The van der Waals surface area contributed by atoms with Crippen LogP contribution >= 0.6 is 11.3 Å². The lowest BCUT2D eigenvalue weighted by Crippen LogP contribution is -2.21. The topological polar surface area (TPSA) is 131 Å². The molecule has 1 amide bonds. The van der Waals surface area contributed by atoms with Gasteiger partial charge >= 0.3 is 0 Å². The van der Waals surface area contributed by atoms with Crippen molar-refractivity contribution in [2.24, 2.45) is 5.10 Å². The minimum atomic E-state index is -3.83. The monoisotopic (exact) mass is 430 g/mol. The summed E-state index contributed by atoms with van der Waals surface area (Å²) in [5.41, 5.74) is 2.44. The molecule has 29 heavy (non-hydrogen) atoms. The number of rotatable bonds is 7. The van der Waals surface area contributed by atoms with Crippen LogP contribution in [0.1, 0.15) is 15.9 Å². The fourth-order valence-corrected chi connectivity index (χ4v) is 4.44. The number of nitro benzene ring substituents is 1. The molecule has 3 rings (SSSR count). The third-order valence-corrected chi connectivity index (χ3v) is 6.44. The van der Waals surface area contributed by atoms with E-state index in [2.05, 4.69) is 15.2 Å². The molecule has 0 saturated heterocycles. The number of anilines is 1. The van der Waals surface area contributed by atoms with Gasteiger partial charge in [-0.1, -0.05) is 30.3 Å². The molecule has 0 fully saturated rings. The molecule has 11 heteroatoms. The Kier molecular flexibility index (Phi) is 6.00. The molecule has 2 N–H and O–H groups in total. The van der Waals surface area contributed by atoms with Crippen LogP contribution < -0.4 is 10.1 Å². The number of nitrogens with one attached hydrogen (secondary N) is 2. The molecule has 0 unspecified atom stereocenters. The van der Waals surface area contributed by atoms with Crippen LogP contribution in [0.15, 0.2) is 75.4 Å². The molecule has 0 aliphatic rings.